The van der Waals surface area contributed by atoms with Crippen LogP contribution in [0.25, 0.3) is 10.4 Å². The molecule has 0 radical (unpaired) electrons. The van der Waals surface area contributed by atoms with Crippen LogP contribution in [0.1, 0.15) is 18.4 Å². The van der Waals surface area contributed by atoms with Crippen LogP contribution in [0, 0.1) is 0 Å². The number of halogens is 1. The fraction of sp³-hybridized carbons (Fsp3) is 0.100. The van der Waals surface area contributed by atoms with Crippen molar-refractivity contribution in [3.63, 3.8) is 0 Å². The first-order valence-corrected chi connectivity index (χ1v) is 9.27. The van der Waals surface area contributed by atoms with Gasteiger partial charge in [0.15, 0.2) is 0 Å². The average Bonchev–Trinajstić information content (AvgIpc) is 3.18. The Bertz CT molecular complexity index is 933. The molecule has 0 atom stereocenters. The van der Waals surface area contributed by atoms with Crippen molar-refractivity contribution in [2.75, 3.05) is 5.01 Å². The molecule has 5 heteroatoms. The van der Waals surface area contributed by atoms with E-state index in [2.05, 4.69) is 11.2 Å². The van der Waals surface area contributed by atoms with Gasteiger partial charge in [-0.25, -0.2) is 0 Å². The van der Waals surface area contributed by atoms with Crippen molar-refractivity contribution in [3.05, 3.63) is 76.6 Å². The predicted molar refractivity (Wildman–Crippen MR) is 104 cm³/mol. The second-order valence-electron chi connectivity index (χ2n) is 5.75. The number of amides is 1. The molecule has 2 aromatic carbocycles. The summed E-state index contributed by atoms with van der Waals surface area (Å²) in [5.74, 6) is 0.0155. The molecule has 25 heavy (non-hydrogen) atoms. The summed E-state index contributed by atoms with van der Waals surface area (Å²) in [7, 11) is 0. The van der Waals surface area contributed by atoms with Crippen LogP contribution in [0.4, 0.5) is 5.69 Å². The Balaban J connectivity index is 1.78. The second kappa shape index (κ2) is 6.82. The molecule has 0 fully saturated rings. The monoisotopic (exact) mass is 366 g/mol. The topological polar surface area (TPSA) is 32.7 Å². The minimum absolute atomic E-state index is 0.0155. The third kappa shape index (κ3) is 3.23. The Hall–Kier alpha value is -2.43. The molecule has 0 saturated heterocycles. The molecule has 0 spiro atoms. The third-order valence-corrected chi connectivity index (χ3v) is 5.28. The SMILES string of the molecule is O=C1CCC(c2ccc(Cl)cc2)=NN1c1ccccc1-c1cccs1. The van der Waals surface area contributed by atoms with Gasteiger partial charge < -0.3 is 0 Å². The molecule has 3 aromatic rings. The number of hydrogen-bond donors (Lipinski definition) is 0. The number of benzene rings is 2. The lowest BCUT2D eigenvalue weighted by molar-refractivity contribution is -0.118. The molecule has 0 N–H and O–H groups in total. The number of hydrogen-bond acceptors (Lipinski definition) is 3. The van der Waals surface area contributed by atoms with Crippen LogP contribution < -0.4 is 5.01 Å². The van der Waals surface area contributed by atoms with Crippen molar-refractivity contribution in [2.45, 2.75) is 12.8 Å². The Morgan fingerprint density at radius 3 is 2.52 bits per heavy atom. The molecule has 0 aliphatic carbocycles. The molecule has 4 rings (SSSR count). The van der Waals surface area contributed by atoms with Crippen LogP contribution >= 0.6 is 22.9 Å². The third-order valence-electron chi connectivity index (χ3n) is 4.13. The number of carbonyl (C=O) groups excluding carboxylic acids is 1. The molecular formula is C20H15ClN2OS. The van der Waals surface area contributed by atoms with Crippen LogP contribution in [0.15, 0.2) is 71.1 Å². The lowest BCUT2D eigenvalue weighted by Gasteiger charge is -2.25. The summed E-state index contributed by atoms with van der Waals surface area (Å²) >= 11 is 7.63. The summed E-state index contributed by atoms with van der Waals surface area (Å²) < 4.78 is 0. The van der Waals surface area contributed by atoms with E-state index in [0.717, 1.165) is 27.4 Å². The number of thiophene rings is 1. The Labute approximate surface area is 155 Å². The number of hydrazone groups is 1. The van der Waals surface area contributed by atoms with Crippen LogP contribution in [0.5, 0.6) is 0 Å². The predicted octanol–water partition coefficient (Wildman–Crippen LogP) is 5.60. The molecule has 1 aromatic heterocycles. The summed E-state index contributed by atoms with van der Waals surface area (Å²) in [4.78, 5) is 13.7. The lowest BCUT2D eigenvalue weighted by atomic mass is 10.0. The molecule has 1 aliphatic heterocycles. The van der Waals surface area contributed by atoms with Crippen LogP contribution in [0.3, 0.4) is 0 Å². The van der Waals surface area contributed by atoms with E-state index in [1.54, 1.807) is 16.3 Å². The van der Waals surface area contributed by atoms with Crippen molar-refractivity contribution < 1.29 is 4.79 Å². The average molecular weight is 367 g/mol. The fourth-order valence-corrected chi connectivity index (χ4v) is 3.78. The van der Waals surface area contributed by atoms with Gasteiger partial charge in [0.05, 0.1) is 11.4 Å². The van der Waals surface area contributed by atoms with Gasteiger partial charge in [0.25, 0.3) is 0 Å². The maximum Gasteiger partial charge on any atom is 0.247 e. The molecule has 124 valence electrons. The zero-order chi connectivity index (χ0) is 17.2. The van der Waals surface area contributed by atoms with Crippen molar-refractivity contribution in [2.24, 2.45) is 5.10 Å². The maximum atomic E-state index is 12.5. The number of carbonyl (C=O) groups is 1. The Kier molecular flexibility index (Phi) is 4.38. The van der Waals surface area contributed by atoms with Crippen molar-refractivity contribution >= 4 is 40.2 Å². The molecule has 1 aliphatic rings. The summed E-state index contributed by atoms with van der Waals surface area (Å²) in [5.41, 5.74) is 3.74. The van der Waals surface area contributed by atoms with Crippen molar-refractivity contribution in [1.29, 1.82) is 0 Å². The summed E-state index contributed by atoms with van der Waals surface area (Å²) in [6, 6.07) is 19.5. The van der Waals surface area contributed by atoms with E-state index in [1.165, 1.54) is 0 Å². The van der Waals surface area contributed by atoms with E-state index in [1.807, 2.05) is 60.0 Å². The smallest absolute Gasteiger partial charge is 0.247 e. The summed E-state index contributed by atoms with van der Waals surface area (Å²) in [5, 5.41) is 8.93. The quantitative estimate of drug-likeness (QED) is 0.593. The minimum Gasteiger partial charge on any atom is -0.273 e. The number of rotatable bonds is 3. The van der Waals surface area contributed by atoms with E-state index in [9.17, 15) is 4.79 Å². The highest BCUT2D eigenvalue weighted by Crippen LogP contribution is 2.35. The molecule has 0 saturated carbocycles. The van der Waals surface area contributed by atoms with E-state index in [0.29, 0.717) is 17.9 Å². The molecule has 1 amide bonds. The molecule has 0 unspecified atom stereocenters. The van der Waals surface area contributed by atoms with Crippen LogP contribution in [-0.4, -0.2) is 11.6 Å². The fourth-order valence-electron chi connectivity index (χ4n) is 2.89. The highest BCUT2D eigenvalue weighted by Gasteiger charge is 2.25. The van der Waals surface area contributed by atoms with Gasteiger partial charge in [0, 0.05) is 28.3 Å². The Morgan fingerprint density at radius 2 is 1.76 bits per heavy atom. The molecule has 3 nitrogen and oxygen atoms in total. The first-order valence-electron chi connectivity index (χ1n) is 8.01. The standard InChI is InChI=1S/C20H15ClN2OS/c21-15-9-7-14(8-10-15)17-11-12-20(24)23(22-17)18-5-2-1-4-16(18)19-6-3-13-25-19/h1-10,13H,11-12H2. The van der Waals surface area contributed by atoms with Crippen molar-refractivity contribution in [3.8, 4) is 10.4 Å². The van der Waals surface area contributed by atoms with E-state index in [-0.39, 0.29) is 5.91 Å². The zero-order valence-electron chi connectivity index (χ0n) is 13.4. The van der Waals surface area contributed by atoms with E-state index in [4.69, 9.17) is 11.6 Å². The largest absolute Gasteiger partial charge is 0.273 e. The van der Waals surface area contributed by atoms with Gasteiger partial charge in [-0.1, -0.05) is 48.0 Å². The van der Waals surface area contributed by atoms with E-state index < -0.39 is 0 Å². The van der Waals surface area contributed by atoms with E-state index >= 15 is 0 Å². The van der Waals surface area contributed by atoms with Gasteiger partial charge in [0.1, 0.15) is 0 Å². The number of para-hydroxylation sites is 1. The van der Waals surface area contributed by atoms with Crippen molar-refractivity contribution in [1.82, 2.24) is 0 Å². The van der Waals surface area contributed by atoms with Gasteiger partial charge in [-0.3, -0.25) is 4.79 Å². The Morgan fingerprint density at radius 1 is 0.960 bits per heavy atom. The summed E-state index contributed by atoms with van der Waals surface area (Å²) in [6.07, 6.45) is 1.08. The first-order chi connectivity index (χ1) is 12.2. The van der Waals surface area contributed by atoms with Crippen LogP contribution in [-0.2, 0) is 4.79 Å². The molecule has 0 bridgehead atoms. The highest BCUT2D eigenvalue weighted by molar-refractivity contribution is 7.13. The normalized spacial score (nSPS) is 14.5. The van der Waals surface area contributed by atoms with Crippen LogP contribution in [0.2, 0.25) is 5.02 Å². The van der Waals surface area contributed by atoms with Gasteiger partial charge >= 0.3 is 0 Å². The zero-order valence-corrected chi connectivity index (χ0v) is 14.9. The van der Waals surface area contributed by atoms with Gasteiger partial charge in [-0.05, 0) is 35.2 Å². The van der Waals surface area contributed by atoms with Gasteiger partial charge in [-0.2, -0.15) is 10.1 Å². The summed E-state index contributed by atoms with van der Waals surface area (Å²) in [6.45, 7) is 0. The minimum atomic E-state index is 0.0155. The van der Waals surface area contributed by atoms with Gasteiger partial charge in [-0.15, -0.1) is 11.3 Å². The number of nitrogens with zero attached hydrogens (tertiary/aromatic N) is 2. The maximum absolute atomic E-state index is 12.5. The number of anilines is 1. The molecule has 2 heterocycles. The molecular weight excluding hydrogens is 352 g/mol. The highest BCUT2D eigenvalue weighted by atomic mass is 35.5. The van der Waals surface area contributed by atoms with Gasteiger partial charge in [0.2, 0.25) is 5.91 Å². The first kappa shape index (κ1) is 16.1. The lowest BCUT2D eigenvalue weighted by Crippen LogP contribution is -2.32. The second-order valence-corrected chi connectivity index (χ2v) is 7.14.